The third-order valence-electron chi connectivity index (χ3n) is 2.51. The van der Waals surface area contributed by atoms with Crippen LogP contribution in [-0.4, -0.2) is 19.5 Å². The van der Waals surface area contributed by atoms with Crippen LogP contribution in [-0.2, 0) is 16.6 Å². The van der Waals surface area contributed by atoms with Crippen LogP contribution in [0.5, 0.6) is 0 Å². The Morgan fingerprint density at radius 3 is 2.67 bits per heavy atom. The molecule has 21 heavy (non-hydrogen) atoms. The Morgan fingerprint density at radius 1 is 1.38 bits per heavy atom. The molecular formula is C12H9BrClNO4S2. The molecule has 2 N–H and O–H groups in total. The smallest absolute Gasteiger partial charge is 0.345 e. The highest BCUT2D eigenvalue weighted by molar-refractivity contribution is 9.11. The first-order valence-corrected chi connectivity index (χ1v) is 9.03. The first-order valence-electron chi connectivity index (χ1n) is 5.56. The Morgan fingerprint density at radius 2 is 2.10 bits per heavy atom. The monoisotopic (exact) mass is 409 g/mol. The number of sulfonamides is 1. The van der Waals surface area contributed by atoms with Gasteiger partial charge in [0.15, 0.2) is 0 Å². The minimum Gasteiger partial charge on any atom is -0.477 e. The molecule has 2 aromatic rings. The molecule has 5 nitrogen and oxygen atoms in total. The zero-order valence-corrected chi connectivity index (χ0v) is 14.3. The maximum atomic E-state index is 12.2. The molecule has 0 unspecified atom stereocenters. The number of aromatic carboxylic acids is 1. The van der Waals surface area contributed by atoms with Crippen molar-refractivity contribution < 1.29 is 18.3 Å². The molecule has 0 bridgehead atoms. The van der Waals surface area contributed by atoms with Gasteiger partial charge in [0.2, 0.25) is 10.0 Å². The van der Waals surface area contributed by atoms with Crippen molar-refractivity contribution in [3.05, 3.63) is 49.6 Å². The van der Waals surface area contributed by atoms with Crippen molar-refractivity contribution in [1.29, 1.82) is 0 Å². The molecule has 112 valence electrons. The van der Waals surface area contributed by atoms with Crippen molar-refractivity contribution in [3.8, 4) is 0 Å². The van der Waals surface area contributed by atoms with E-state index in [0.717, 1.165) is 17.4 Å². The lowest BCUT2D eigenvalue weighted by Gasteiger charge is -2.06. The summed E-state index contributed by atoms with van der Waals surface area (Å²) in [5, 5.41) is 9.40. The fourth-order valence-electron chi connectivity index (χ4n) is 1.54. The lowest BCUT2D eigenvalue weighted by molar-refractivity contribution is 0.0702. The van der Waals surface area contributed by atoms with Crippen LogP contribution in [0.25, 0.3) is 0 Å². The van der Waals surface area contributed by atoms with Crippen molar-refractivity contribution in [3.63, 3.8) is 0 Å². The van der Waals surface area contributed by atoms with Crippen LogP contribution in [0, 0.1) is 0 Å². The first-order chi connectivity index (χ1) is 9.79. The fourth-order valence-corrected chi connectivity index (χ4v) is 5.18. The van der Waals surface area contributed by atoms with Crippen LogP contribution in [0.3, 0.4) is 0 Å². The summed E-state index contributed by atoms with van der Waals surface area (Å²) < 4.78 is 27.0. The van der Waals surface area contributed by atoms with Crippen LogP contribution in [0.1, 0.15) is 15.2 Å². The Kier molecular flexibility index (Phi) is 5.05. The average molecular weight is 411 g/mol. The van der Waals surface area contributed by atoms with Crippen LogP contribution in [0.15, 0.2) is 39.0 Å². The number of benzene rings is 1. The lowest BCUT2D eigenvalue weighted by Crippen LogP contribution is -2.23. The number of hydrogen-bond donors (Lipinski definition) is 2. The van der Waals surface area contributed by atoms with Crippen LogP contribution in [0.2, 0.25) is 5.02 Å². The van der Waals surface area contributed by atoms with E-state index in [-0.39, 0.29) is 20.1 Å². The number of thiophene rings is 1. The number of carbonyl (C=O) groups is 1. The lowest BCUT2D eigenvalue weighted by atomic mass is 10.2. The molecule has 1 aromatic carbocycles. The van der Waals surface area contributed by atoms with E-state index in [9.17, 15) is 13.2 Å². The Balaban J connectivity index is 2.21. The molecule has 1 heterocycles. The number of rotatable bonds is 5. The molecule has 0 amide bonds. The van der Waals surface area contributed by atoms with Crippen LogP contribution >= 0.6 is 38.9 Å². The Bertz CT molecular complexity index is 788. The first kappa shape index (κ1) is 16.4. The predicted molar refractivity (Wildman–Crippen MR) is 84.5 cm³/mol. The highest BCUT2D eigenvalue weighted by Crippen LogP contribution is 2.31. The number of carboxylic acids is 1. The molecule has 0 saturated carbocycles. The summed E-state index contributed by atoms with van der Waals surface area (Å²) in [5.74, 6) is -1.17. The van der Waals surface area contributed by atoms with E-state index in [1.165, 1.54) is 0 Å². The topological polar surface area (TPSA) is 83.5 Å². The summed E-state index contributed by atoms with van der Waals surface area (Å²) in [6.45, 7) is 0.0631. The second kappa shape index (κ2) is 6.45. The summed E-state index contributed by atoms with van der Waals surface area (Å²) in [6.07, 6.45) is 0. The van der Waals surface area contributed by atoms with E-state index < -0.39 is 16.0 Å². The van der Waals surface area contributed by atoms with Crippen molar-refractivity contribution in [2.75, 3.05) is 0 Å². The zero-order chi connectivity index (χ0) is 15.6. The highest BCUT2D eigenvalue weighted by Gasteiger charge is 2.22. The Labute approximate surface area is 138 Å². The third-order valence-corrected chi connectivity index (χ3v) is 6.39. The summed E-state index contributed by atoms with van der Waals surface area (Å²) >= 11 is 9.75. The van der Waals surface area contributed by atoms with Gasteiger partial charge in [-0.05, 0) is 39.7 Å². The van der Waals surface area contributed by atoms with Gasteiger partial charge in [-0.15, -0.1) is 11.3 Å². The molecule has 2 rings (SSSR count). The van der Waals surface area contributed by atoms with Gasteiger partial charge in [-0.2, -0.15) is 0 Å². The molecule has 0 aliphatic carbocycles. The third kappa shape index (κ3) is 4.04. The molecule has 9 heteroatoms. The molecular weight excluding hydrogens is 402 g/mol. The minimum absolute atomic E-state index is 0.0509. The van der Waals surface area contributed by atoms with Gasteiger partial charge in [0.05, 0.1) is 3.79 Å². The number of nitrogens with one attached hydrogen (secondary N) is 1. The second-order valence-corrected chi connectivity index (χ2v) is 8.55. The van der Waals surface area contributed by atoms with Gasteiger partial charge in [-0.1, -0.05) is 23.7 Å². The SMILES string of the molecule is O=C(O)c1cc(S(=O)(=O)NCc2cccc(Cl)c2)c(Br)s1. The molecule has 0 radical (unpaired) electrons. The van der Waals surface area contributed by atoms with Gasteiger partial charge < -0.3 is 5.11 Å². The molecule has 0 fully saturated rings. The van der Waals surface area contributed by atoms with E-state index >= 15 is 0 Å². The van der Waals surface area contributed by atoms with E-state index in [0.29, 0.717) is 10.6 Å². The molecule has 0 aliphatic rings. The zero-order valence-electron chi connectivity index (χ0n) is 10.3. The molecule has 0 aliphatic heterocycles. The van der Waals surface area contributed by atoms with Gasteiger partial charge in [0.25, 0.3) is 0 Å². The fraction of sp³-hybridized carbons (Fsp3) is 0.0833. The van der Waals surface area contributed by atoms with Gasteiger partial charge in [-0.25, -0.2) is 17.9 Å². The molecule has 0 atom stereocenters. The van der Waals surface area contributed by atoms with Crippen molar-refractivity contribution in [2.45, 2.75) is 11.4 Å². The summed E-state index contributed by atoms with van der Waals surface area (Å²) in [7, 11) is -3.81. The van der Waals surface area contributed by atoms with E-state index in [1.54, 1.807) is 24.3 Å². The Hall–Kier alpha value is -0.930. The van der Waals surface area contributed by atoms with Gasteiger partial charge in [0.1, 0.15) is 9.77 Å². The van der Waals surface area contributed by atoms with Crippen LogP contribution in [0.4, 0.5) is 0 Å². The van der Waals surface area contributed by atoms with E-state index in [1.807, 2.05) is 0 Å². The standard InChI is InChI=1S/C12H9BrClNO4S2/c13-11-10(5-9(20-11)12(16)17)21(18,19)15-6-7-2-1-3-8(14)4-7/h1-5,15H,6H2,(H,16,17). The van der Waals surface area contributed by atoms with Gasteiger partial charge in [0, 0.05) is 11.6 Å². The van der Waals surface area contributed by atoms with Crippen molar-refractivity contribution >= 4 is 54.9 Å². The van der Waals surface area contributed by atoms with Gasteiger partial charge >= 0.3 is 5.97 Å². The van der Waals surface area contributed by atoms with E-state index in [4.69, 9.17) is 16.7 Å². The molecule has 0 saturated heterocycles. The second-order valence-electron chi connectivity index (χ2n) is 4.01. The summed E-state index contributed by atoms with van der Waals surface area (Å²) in [6, 6.07) is 7.91. The maximum absolute atomic E-state index is 12.2. The maximum Gasteiger partial charge on any atom is 0.345 e. The largest absolute Gasteiger partial charge is 0.477 e. The number of carboxylic acid groups (broad SMARTS) is 1. The minimum atomic E-state index is -3.81. The summed E-state index contributed by atoms with van der Waals surface area (Å²) in [4.78, 5) is 10.7. The van der Waals surface area contributed by atoms with Crippen molar-refractivity contribution in [2.24, 2.45) is 0 Å². The average Bonchev–Trinajstić information content (AvgIpc) is 2.80. The summed E-state index contributed by atoms with van der Waals surface area (Å²) in [5.41, 5.74) is 0.705. The highest BCUT2D eigenvalue weighted by atomic mass is 79.9. The molecule has 0 spiro atoms. The van der Waals surface area contributed by atoms with Crippen molar-refractivity contribution in [1.82, 2.24) is 4.72 Å². The predicted octanol–water partition coefficient (Wildman–Crippen LogP) is 3.34. The number of hydrogen-bond acceptors (Lipinski definition) is 4. The van der Waals surface area contributed by atoms with Gasteiger partial charge in [-0.3, -0.25) is 0 Å². The van der Waals surface area contributed by atoms with Crippen LogP contribution < -0.4 is 4.72 Å². The molecule has 1 aromatic heterocycles. The normalized spacial score (nSPS) is 11.5. The number of halogens is 2. The van der Waals surface area contributed by atoms with E-state index in [2.05, 4.69) is 20.7 Å². The quantitative estimate of drug-likeness (QED) is 0.792.